The summed E-state index contributed by atoms with van der Waals surface area (Å²) >= 11 is 0. The standard InChI is InChI=1S/C14H28N2/c1-4-11(2)9-12(3)16-8-7-15-14(10-16)13-5-6-13/h11-15H,4-10H2,1-3H3. The first kappa shape index (κ1) is 12.4. The van der Waals surface area contributed by atoms with Crippen LogP contribution in [-0.2, 0) is 0 Å². The third-order valence-corrected chi connectivity index (χ3v) is 4.49. The Kier molecular flexibility index (Phi) is 4.26. The summed E-state index contributed by atoms with van der Waals surface area (Å²) in [5.41, 5.74) is 0. The van der Waals surface area contributed by atoms with Crippen molar-refractivity contribution in [1.29, 1.82) is 0 Å². The summed E-state index contributed by atoms with van der Waals surface area (Å²) in [7, 11) is 0. The quantitative estimate of drug-likeness (QED) is 0.772. The number of nitrogens with zero attached hydrogens (tertiary/aromatic N) is 1. The first-order chi connectivity index (χ1) is 7.70. The van der Waals surface area contributed by atoms with Crippen LogP contribution in [0.2, 0.25) is 0 Å². The second-order valence-corrected chi connectivity index (χ2v) is 5.99. The number of hydrogen-bond acceptors (Lipinski definition) is 2. The van der Waals surface area contributed by atoms with Gasteiger partial charge in [-0.1, -0.05) is 20.3 Å². The number of hydrogen-bond donors (Lipinski definition) is 1. The molecule has 0 amide bonds. The van der Waals surface area contributed by atoms with E-state index >= 15 is 0 Å². The number of piperazine rings is 1. The van der Waals surface area contributed by atoms with Crippen molar-refractivity contribution in [2.75, 3.05) is 19.6 Å². The fourth-order valence-electron chi connectivity index (χ4n) is 2.91. The molecule has 2 rings (SSSR count). The molecule has 1 saturated carbocycles. The van der Waals surface area contributed by atoms with E-state index < -0.39 is 0 Å². The molecule has 16 heavy (non-hydrogen) atoms. The highest BCUT2D eigenvalue weighted by atomic mass is 15.2. The molecule has 1 aliphatic heterocycles. The Hall–Kier alpha value is -0.0800. The molecule has 1 N–H and O–H groups in total. The topological polar surface area (TPSA) is 15.3 Å². The highest BCUT2D eigenvalue weighted by molar-refractivity contribution is 4.92. The smallest absolute Gasteiger partial charge is 0.0223 e. The summed E-state index contributed by atoms with van der Waals surface area (Å²) in [5.74, 6) is 1.88. The minimum Gasteiger partial charge on any atom is -0.311 e. The van der Waals surface area contributed by atoms with Gasteiger partial charge in [-0.2, -0.15) is 0 Å². The maximum absolute atomic E-state index is 3.69. The van der Waals surface area contributed by atoms with Gasteiger partial charge < -0.3 is 5.32 Å². The molecule has 0 aromatic carbocycles. The van der Waals surface area contributed by atoms with E-state index in [0.29, 0.717) is 0 Å². The molecule has 1 aliphatic carbocycles. The molecule has 2 nitrogen and oxygen atoms in total. The summed E-state index contributed by atoms with van der Waals surface area (Å²) < 4.78 is 0. The molecule has 1 heterocycles. The van der Waals surface area contributed by atoms with Crippen LogP contribution in [0.25, 0.3) is 0 Å². The van der Waals surface area contributed by atoms with Gasteiger partial charge in [0.25, 0.3) is 0 Å². The lowest BCUT2D eigenvalue weighted by molar-refractivity contribution is 0.128. The van der Waals surface area contributed by atoms with E-state index in [1.165, 1.54) is 45.3 Å². The highest BCUT2D eigenvalue weighted by Gasteiger charge is 2.34. The van der Waals surface area contributed by atoms with E-state index in [0.717, 1.165) is 23.9 Å². The zero-order valence-electron chi connectivity index (χ0n) is 11.2. The molecular weight excluding hydrogens is 196 g/mol. The molecule has 2 fully saturated rings. The Morgan fingerprint density at radius 3 is 2.69 bits per heavy atom. The van der Waals surface area contributed by atoms with Crippen molar-refractivity contribution in [2.24, 2.45) is 11.8 Å². The minimum absolute atomic E-state index is 0.776. The van der Waals surface area contributed by atoms with Gasteiger partial charge >= 0.3 is 0 Å². The summed E-state index contributed by atoms with van der Waals surface area (Å²) in [5, 5.41) is 3.69. The Morgan fingerprint density at radius 2 is 2.06 bits per heavy atom. The fraction of sp³-hybridized carbons (Fsp3) is 1.00. The SMILES string of the molecule is CCC(C)CC(C)N1CCNC(C2CC2)C1. The Morgan fingerprint density at radius 1 is 1.31 bits per heavy atom. The van der Waals surface area contributed by atoms with Gasteiger partial charge in [0.15, 0.2) is 0 Å². The van der Waals surface area contributed by atoms with E-state index in [4.69, 9.17) is 0 Å². The molecule has 3 unspecified atom stereocenters. The van der Waals surface area contributed by atoms with Crippen molar-refractivity contribution >= 4 is 0 Å². The van der Waals surface area contributed by atoms with Crippen LogP contribution in [-0.4, -0.2) is 36.6 Å². The lowest BCUT2D eigenvalue weighted by atomic mass is 9.98. The molecule has 0 spiro atoms. The van der Waals surface area contributed by atoms with Crippen LogP contribution in [0.1, 0.15) is 46.5 Å². The summed E-state index contributed by atoms with van der Waals surface area (Å²) in [6.45, 7) is 10.9. The maximum Gasteiger partial charge on any atom is 0.0223 e. The molecule has 94 valence electrons. The van der Waals surface area contributed by atoms with Gasteiger partial charge in [-0.3, -0.25) is 4.90 Å². The van der Waals surface area contributed by atoms with Crippen molar-refractivity contribution in [3.05, 3.63) is 0 Å². The van der Waals surface area contributed by atoms with Crippen molar-refractivity contribution in [3.8, 4) is 0 Å². The van der Waals surface area contributed by atoms with E-state index in [1.807, 2.05) is 0 Å². The second-order valence-electron chi connectivity index (χ2n) is 5.99. The highest BCUT2D eigenvalue weighted by Crippen LogP contribution is 2.34. The first-order valence-electron chi connectivity index (χ1n) is 7.18. The molecule has 0 bridgehead atoms. The summed E-state index contributed by atoms with van der Waals surface area (Å²) in [6, 6.07) is 1.58. The largest absolute Gasteiger partial charge is 0.311 e. The van der Waals surface area contributed by atoms with E-state index in [9.17, 15) is 0 Å². The molecule has 1 saturated heterocycles. The predicted octanol–water partition coefficient (Wildman–Crippen LogP) is 2.49. The second kappa shape index (κ2) is 5.50. The molecule has 2 aliphatic rings. The molecule has 0 aromatic heterocycles. The number of rotatable bonds is 5. The van der Waals surface area contributed by atoms with Crippen molar-refractivity contribution in [1.82, 2.24) is 10.2 Å². The minimum atomic E-state index is 0.776. The molecule has 2 heteroatoms. The molecule has 0 aromatic rings. The Balaban J connectivity index is 1.78. The number of nitrogens with one attached hydrogen (secondary N) is 1. The lowest BCUT2D eigenvalue weighted by Crippen LogP contribution is -2.54. The van der Waals surface area contributed by atoms with E-state index in [1.54, 1.807) is 0 Å². The monoisotopic (exact) mass is 224 g/mol. The normalized spacial score (nSPS) is 31.3. The van der Waals surface area contributed by atoms with Gasteiger partial charge in [-0.25, -0.2) is 0 Å². The van der Waals surface area contributed by atoms with E-state index in [2.05, 4.69) is 31.0 Å². The summed E-state index contributed by atoms with van der Waals surface area (Å²) in [6.07, 6.45) is 5.62. The maximum atomic E-state index is 3.69. The lowest BCUT2D eigenvalue weighted by Gasteiger charge is -2.38. The average molecular weight is 224 g/mol. The van der Waals surface area contributed by atoms with Crippen molar-refractivity contribution < 1.29 is 0 Å². The summed E-state index contributed by atoms with van der Waals surface area (Å²) in [4.78, 5) is 2.71. The molecular formula is C14H28N2. The van der Waals surface area contributed by atoms with Gasteiger partial charge in [0.2, 0.25) is 0 Å². The first-order valence-corrected chi connectivity index (χ1v) is 7.18. The van der Waals surface area contributed by atoms with Gasteiger partial charge in [0.05, 0.1) is 0 Å². The van der Waals surface area contributed by atoms with Crippen molar-refractivity contribution in [2.45, 2.75) is 58.5 Å². The van der Waals surface area contributed by atoms with Crippen LogP contribution in [0.5, 0.6) is 0 Å². The predicted molar refractivity (Wildman–Crippen MR) is 69.6 cm³/mol. The van der Waals surface area contributed by atoms with Crippen LogP contribution in [0.15, 0.2) is 0 Å². The van der Waals surface area contributed by atoms with E-state index in [-0.39, 0.29) is 0 Å². The van der Waals surface area contributed by atoms with Gasteiger partial charge in [0.1, 0.15) is 0 Å². The molecule has 3 atom stereocenters. The zero-order valence-corrected chi connectivity index (χ0v) is 11.2. The van der Waals surface area contributed by atoms with Crippen LogP contribution < -0.4 is 5.32 Å². The van der Waals surface area contributed by atoms with Crippen LogP contribution in [0.4, 0.5) is 0 Å². The third kappa shape index (κ3) is 3.21. The van der Waals surface area contributed by atoms with Crippen molar-refractivity contribution in [3.63, 3.8) is 0 Å². The van der Waals surface area contributed by atoms with Gasteiger partial charge in [0, 0.05) is 31.7 Å². The van der Waals surface area contributed by atoms with Gasteiger partial charge in [-0.05, 0) is 38.0 Å². The Bertz CT molecular complexity index is 213. The third-order valence-electron chi connectivity index (χ3n) is 4.49. The molecule has 0 radical (unpaired) electrons. The Labute approximate surface area is 101 Å². The average Bonchev–Trinajstić information content (AvgIpc) is 3.13. The fourth-order valence-corrected chi connectivity index (χ4v) is 2.91. The van der Waals surface area contributed by atoms with Gasteiger partial charge in [-0.15, -0.1) is 0 Å². The van der Waals surface area contributed by atoms with Crippen LogP contribution in [0, 0.1) is 11.8 Å². The van der Waals surface area contributed by atoms with Crippen LogP contribution >= 0.6 is 0 Å². The zero-order chi connectivity index (χ0) is 11.5. The van der Waals surface area contributed by atoms with Crippen LogP contribution in [0.3, 0.4) is 0 Å².